The summed E-state index contributed by atoms with van der Waals surface area (Å²) < 4.78 is 23.1. The Kier molecular flexibility index (Phi) is 6.29. The summed E-state index contributed by atoms with van der Waals surface area (Å²) >= 11 is 2.62. The Balaban J connectivity index is 1.51. The van der Waals surface area contributed by atoms with Crippen molar-refractivity contribution >= 4 is 55.5 Å². The zero-order valence-corrected chi connectivity index (χ0v) is 17.2. The van der Waals surface area contributed by atoms with E-state index in [-0.39, 0.29) is 16.6 Å². The number of aromatic nitrogens is 2. The summed E-state index contributed by atoms with van der Waals surface area (Å²) in [6.07, 6.45) is 0. The number of anilines is 3. The van der Waals surface area contributed by atoms with Gasteiger partial charge in [0, 0.05) is 11.4 Å². The van der Waals surface area contributed by atoms with Crippen LogP contribution < -0.4 is 15.8 Å². The molecule has 1 amide bonds. The number of primary sulfonamides is 1. The Hall–Kier alpha value is -2.47. The predicted molar refractivity (Wildman–Crippen MR) is 112 cm³/mol. The van der Waals surface area contributed by atoms with E-state index in [0.29, 0.717) is 15.2 Å². The van der Waals surface area contributed by atoms with Gasteiger partial charge in [0.05, 0.1) is 10.6 Å². The number of nitrogens with two attached hydrogens (primary N) is 1. The molecule has 8 nitrogen and oxygen atoms in total. The number of aryl methyl sites for hydroxylation is 1. The molecule has 0 fully saturated rings. The second-order valence-electron chi connectivity index (χ2n) is 5.77. The SMILES string of the molecule is Cc1ccc(Nc2nnc(SCC(=O)Nc3ccc(S(N)(=O)=O)cc3)s2)cc1. The number of nitrogens with zero attached hydrogens (tertiary/aromatic N) is 2. The number of rotatable bonds is 7. The molecule has 0 aliphatic carbocycles. The number of hydrogen-bond acceptors (Lipinski definition) is 8. The third kappa shape index (κ3) is 5.76. The fourth-order valence-electron chi connectivity index (χ4n) is 2.13. The van der Waals surface area contributed by atoms with Gasteiger partial charge in [-0.3, -0.25) is 4.79 Å². The molecule has 1 heterocycles. The summed E-state index contributed by atoms with van der Waals surface area (Å²) in [5.41, 5.74) is 2.57. The maximum Gasteiger partial charge on any atom is 0.238 e. The number of amides is 1. The molecule has 146 valence electrons. The molecule has 0 aliphatic heterocycles. The molecule has 28 heavy (non-hydrogen) atoms. The largest absolute Gasteiger partial charge is 0.330 e. The first-order valence-corrected chi connectivity index (χ1v) is 11.4. The van der Waals surface area contributed by atoms with Crippen LogP contribution in [0.4, 0.5) is 16.5 Å². The molecule has 0 radical (unpaired) electrons. The Morgan fingerprint density at radius 3 is 2.36 bits per heavy atom. The van der Waals surface area contributed by atoms with Crippen LogP contribution in [0.15, 0.2) is 57.8 Å². The number of carbonyl (C=O) groups excluding carboxylic acids is 1. The molecule has 0 saturated heterocycles. The fraction of sp³-hybridized carbons (Fsp3) is 0.118. The number of carbonyl (C=O) groups is 1. The molecule has 0 spiro atoms. The highest BCUT2D eigenvalue weighted by Crippen LogP contribution is 2.27. The van der Waals surface area contributed by atoms with Crippen LogP contribution in [-0.2, 0) is 14.8 Å². The molecule has 11 heteroatoms. The topological polar surface area (TPSA) is 127 Å². The first-order chi connectivity index (χ1) is 13.3. The molecule has 3 rings (SSSR count). The van der Waals surface area contributed by atoms with Gasteiger partial charge in [-0.05, 0) is 43.3 Å². The lowest BCUT2D eigenvalue weighted by Crippen LogP contribution is -2.15. The molecule has 0 unspecified atom stereocenters. The normalized spacial score (nSPS) is 11.2. The van der Waals surface area contributed by atoms with Crippen molar-refractivity contribution in [3.05, 3.63) is 54.1 Å². The second-order valence-corrected chi connectivity index (χ2v) is 9.53. The van der Waals surface area contributed by atoms with Crippen LogP contribution in [0.25, 0.3) is 0 Å². The molecule has 0 aliphatic rings. The van der Waals surface area contributed by atoms with Crippen molar-refractivity contribution in [2.24, 2.45) is 5.14 Å². The summed E-state index contributed by atoms with van der Waals surface area (Å²) in [7, 11) is -3.75. The average molecular weight is 436 g/mol. The number of sulfonamides is 1. The minimum absolute atomic E-state index is 0.0117. The minimum atomic E-state index is -3.75. The third-order valence-electron chi connectivity index (χ3n) is 3.50. The summed E-state index contributed by atoms with van der Waals surface area (Å²) in [4.78, 5) is 12.1. The molecule has 0 bridgehead atoms. The van der Waals surface area contributed by atoms with E-state index in [4.69, 9.17) is 5.14 Å². The zero-order chi connectivity index (χ0) is 20.1. The molecule has 3 aromatic rings. The summed E-state index contributed by atoms with van der Waals surface area (Å²) in [6, 6.07) is 13.6. The molecule has 0 saturated carbocycles. The van der Waals surface area contributed by atoms with Crippen molar-refractivity contribution in [2.45, 2.75) is 16.2 Å². The van der Waals surface area contributed by atoms with Gasteiger partial charge >= 0.3 is 0 Å². The number of thioether (sulfide) groups is 1. The van der Waals surface area contributed by atoms with Gasteiger partial charge in [0.2, 0.25) is 21.1 Å². The van der Waals surface area contributed by atoms with Gasteiger partial charge in [0.15, 0.2) is 4.34 Å². The van der Waals surface area contributed by atoms with E-state index < -0.39 is 10.0 Å². The Morgan fingerprint density at radius 2 is 1.71 bits per heavy atom. The van der Waals surface area contributed by atoms with Crippen molar-refractivity contribution in [3.8, 4) is 0 Å². The zero-order valence-electron chi connectivity index (χ0n) is 14.7. The highest BCUT2D eigenvalue weighted by Gasteiger charge is 2.10. The third-order valence-corrected chi connectivity index (χ3v) is 6.40. The lowest BCUT2D eigenvalue weighted by Gasteiger charge is -2.05. The summed E-state index contributed by atoms with van der Waals surface area (Å²) in [6.45, 7) is 2.02. The molecule has 0 atom stereocenters. The van der Waals surface area contributed by atoms with Gasteiger partial charge in [0.1, 0.15) is 0 Å². The monoisotopic (exact) mass is 435 g/mol. The lowest BCUT2D eigenvalue weighted by atomic mass is 10.2. The molecule has 2 aromatic carbocycles. The van der Waals surface area contributed by atoms with Crippen LogP contribution in [0.1, 0.15) is 5.56 Å². The van der Waals surface area contributed by atoms with Crippen molar-refractivity contribution < 1.29 is 13.2 Å². The quantitative estimate of drug-likeness (QED) is 0.487. The maximum absolute atomic E-state index is 12.1. The van der Waals surface area contributed by atoms with E-state index in [9.17, 15) is 13.2 Å². The van der Waals surface area contributed by atoms with E-state index in [1.807, 2.05) is 31.2 Å². The van der Waals surface area contributed by atoms with Crippen molar-refractivity contribution in [1.29, 1.82) is 0 Å². The summed E-state index contributed by atoms with van der Waals surface area (Å²) in [5, 5.41) is 19.7. The molecule has 1 aromatic heterocycles. The lowest BCUT2D eigenvalue weighted by molar-refractivity contribution is -0.113. The molecule has 4 N–H and O–H groups in total. The average Bonchev–Trinajstić information content (AvgIpc) is 3.09. The van der Waals surface area contributed by atoms with E-state index in [1.54, 1.807) is 0 Å². The van der Waals surface area contributed by atoms with Gasteiger partial charge in [-0.25, -0.2) is 13.6 Å². The van der Waals surface area contributed by atoms with Crippen molar-refractivity contribution in [3.63, 3.8) is 0 Å². The maximum atomic E-state index is 12.1. The van der Waals surface area contributed by atoms with E-state index in [1.165, 1.54) is 52.9 Å². The summed E-state index contributed by atoms with van der Waals surface area (Å²) in [5.74, 6) is -0.0903. The number of nitrogens with one attached hydrogen (secondary N) is 2. The smallest absolute Gasteiger partial charge is 0.238 e. The van der Waals surface area contributed by atoms with Gasteiger partial charge in [0.25, 0.3) is 0 Å². The fourth-order valence-corrected chi connectivity index (χ4v) is 4.22. The van der Waals surface area contributed by atoms with Gasteiger partial charge in [-0.2, -0.15) is 0 Å². The Labute approximate surface area is 170 Å². The van der Waals surface area contributed by atoms with E-state index in [0.717, 1.165) is 5.69 Å². The Morgan fingerprint density at radius 1 is 1.07 bits per heavy atom. The van der Waals surface area contributed by atoms with E-state index >= 15 is 0 Å². The van der Waals surface area contributed by atoms with Crippen LogP contribution in [0.3, 0.4) is 0 Å². The van der Waals surface area contributed by atoms with Crippen LogP contribution in [0.5, 0.6) is 0 Å². The predicted octanol–water partition coefficient (Wildman–Crippen LogP) is 2.97. The van der Waals surface area contributed by atoms with Gasteiger partial charge in [-0.1, -0.05) is 40.8 Å². The van der Waals surface area contributed by atoms with Gasteiger partial charge in [-0.15, -0.1) is 10.2 Å². The van der Waals surface area contributed by atoms with Crippen LogP contribution in [-0.4, -0.2) is 30.3 Å². The van der Waals surface area contributed by atoms with Gasteiger partial charge < -0.3 is 10.6 Å². The molecular weight excluding hydrogens is 418 g/mol. The number of benzene rings is 2. The number of hydrogen-bond donors (Lipinski definition) is 3. The first-order valence-electron chi connectivity index (χ1n) is 8.02. The van der Waals surface area contributed by atoms with Crippen molar-refractivity contribution in [1.82, 2.24) is 10.2 Å². The van der Waals surface area contributed by atoms with Crippen LogP contribution in [0.2, 0.25) is 0 Å². The minimum Gasteiger partial charge on any atom is -0.330 e. The Bertz CT molecular complexity index is 1060. The van der Waals surface area contributed by atoms with E-state index in [2.05, 4.69) is 20.8 Å². The highest BCUT2D eigenvalue weighted by atomic mass is 32.2. The molecular formula is C17H17N5O3S3. The second kappa shape index (κ2) is 8.69. The van der Waals surface area contributed by atoms with Crippen LogP contribution in [0, 0.1) is 6.92 Å². The first kappa shape index (κ1) is 20.3. The standard InChI is InChI=1S/C17H17N5O3S3/c1-11-2-4-13(5-3-11)20-16-21-22-17(27-16)26-10-15(23)19-12-6-8-14(9-7-12)28(18,24)25/h2-9H,10H2,1H3,(H,19,23)(H,20,21)(H2,18,24,25). The van der Waals surface area contributed by atoms with Crippen LogP contribution >= 0.6 is 23.1 Å². The van der Waals surface area contributed by atoms with Crippen molar-refractivity contribution in [2.75, 3.05) is 16.4 Å². The highest BCUT2D eigenvalue weighted by molar-refractivity contribution is 8.01.